The maximum atomic E-state index is 4.60. The van der Waals surface area contributed by atoms with Crippen molar-refractivity contribution in [3.05, 3.63) is 28.1 Å². The molecule has 0 bridgehead atoms. The van der Waals surface area contributed by atoms with E-state index in [1.807, 2.05) is 11.4 Å². The minimum atomic E-state index is 0.683. The molecule has 2 aromatic rings. The predicted octanol–water partition coefficient (Wildman–Crippen LogP) is 2.79. The lowest BCUT2D eigenvalue weighted by molar-refractivity contribution is 0.491. The first-order valence-electron chi connectivity index (χ1n) is 7.64. The second kappa shape index (κ2) is 5.83. The van der Waals surface area contributed by atoms with Crippen molar-refractivity contribution in [3.63, 3.8) is 0 Å². The smallest absolute Gasteiger partial charge is 0.253 e. The van der Waals surface area contributed by atoms with Crippen LogP contribution in [0.5, 0.6) is 0 Å². The summed E-state index contributed by atoms with van der Waals surface area (Å²) in [6, 6.07) is 0. The first-order chi connectivity index (χ1) is 11.1. The molecule has 4 heterocycles. The monoisotopic (exact) mass is 346 g/mol. The average molecular weight is 346 g/mol. The van der Waals surface area contributed by atoms with Crippen LogP contribution in [-0.4, -0.2) is 48.5 Å². The van der Waals surface area contributed by atoms with Crippen LogP contribution < -0.4 is 0 Å². The van der Waals surface area contributed by atoms with Crippen molar-refractivity contribution in [2.45, 2.75) is 32.3 Å². The van der Waals surface area contributed by atoms with Gasteiger partial charge in [-0.1, -0.05) is 23.5 Å². The topological polar surface area (TPSA) is 58.7 Å². The number of rotatable bonds is 3. The lowest BCUT2D eigenvalue weighted by atomic mass is 10.2. The summed E-state index contributed by atoms with van der Waals surface area (Å²) in [6.07, 6.45) is 1.13. The molecule has 0 unspecified atom stereocenters. The van der Waals surface area contributed by atoms with E-state index in [9.17, 15) is 0 Å². The fourth-order valence-electron chi connectivity index (χ4n) is 2.69. The van der Waals surface area contributed by atoms with E-state index in [-0.39, 0.29) is 0 Å². The van der Waals surface area contributed by atoms with Gasteiger partial charge in [0.25, 0.3) is 5.78 Å². The molecule has 120 valence electrons. The number of aliphatic imine (C=N–C) groups is 1. The van der Waals surface area contributed by atoms with Gasteiger partial charge in [-0.25, -0.2) is 9.50 Å². The van der Waals surface area contributed by atoms with Crippen LogP contribution in [0, 0.1) is 20.8 Å². The standard InChI is InChI=1S/C15H18N6S2/c1-9-10(2)17-13-18-14(19-21(13)11(9)3)22-7-12-8-23-15-16-5-4-6-20(12)15/h8H,4-7H2,1-3H3. The molecule has 8 heteroatoms. The lowest BCUT2D eigenvalue weighted by Gasteiger charge is -2.24. The second-order valence-electron chi connectivity index (χ2n) is 5.70. The molecule has 0 atom stereocenters. The van der Waals surface area contributed by atoms with Gasteiger partial charge in [0.2, 0.25) is 5.16 Å². The molecule has 23 heavy (non-hydrogen) atoms. The van der Waals surface area contributed by atoms with Gasteiger partial charge < -0.3 is 4.90 Å². The quantitative estimate of drug-likeness (QED) is 0.797. The molecular weight excluding hydrogens is 328 g/mol. The maximum absolute atomic E-state index is 4.60. The molecule has 0 amide bonds. The van der Waals surface area contributed by atoms with Crippen LogP contribution in [-0.2, 0) is 0 Å². The molecule has 0 N–H and O–H groups in total. The third-order valence-electron chi connectivity index (χ3n) is 4.26. The van der Waals surface area contributed by atoms with E-state index in [1.165, 1.54) is 11.3 Å². The molecule has 0 saturated heterocycles. The highest BCUT2D eigenvalue weighted by molar-refractivity contribution is 8.16. The number of nitrogens with zero attached hydrogens (tertiary/aromatic N) is 6. The van der Waals surface area contributed by atoms with Crippen molar-refractivity contribution in [1.82, 2.24) is 24.5 Å². The SMILES string of the molecule is Cc1nc2nc(SCC3=CSC4=NCCCN34)nn2c(C)c1C. The third-order valence-corrected chi connectivity index (χ3v) is 6.08. The van der Waals surface area contributed by atoms with E-state index >= 15 is 0 Å². The molecule has 0 aliphatic carbocycles. The maximum Gasteiger partial charge on any atom is 0.253 e. The van der Waals surface area contributed by atoms with Crippen molar-refractivity contribution in [2.24, 2.45) is 4.99 Å². The van der Waals surface area contributed by atoms with Crippen LogP contribution in [0.4, 0.5) is 0 Å². The molecule has 2 aromatic heterocycles. The first kappa shape index (κ1) is 15.0. The second-order valence-corrected chi connectivity index (χ2v) is 7.48. The fraction of sp³-hybridized carbons (Fsp3) is 0.467. The zero-order chi connectivity index (χ0) is 16.0. The Kier molecular flexibility index (Phi) is 3.81. The summed E-state index contributed by atoms with van der Waals surface area (Å²) in [5.74, 6) is 1.54. The number of amidine groups is 1. The van der Waals surface area contributed by atoms with Crippen molar-refractivity contribution >= 4 is 34.5 Å². The Morgan fingerprint density at radius 3 is 3.00 bits per heavy atom. The number of hydrogen-bond donors (Lipinski definition) is 0. The molecule has 2 aliphatic rings. The zero-order valence-corrected chi connectivity index (χ0v) is 15.0. The predicted molar refractivity (Wildman–Crippen MR) is 95.0 cm³/mol. The molecule has 0 aromatic carbocycles. The molecule has 6 nitrogen and oxygen atoms in total. The van der Waals surface area contributed by atoms with E-state index in [0.29, 0.717) is 5.78 Å². The Hall–Kier alpha value is -1.54. The highest BCUT2D eigenvalue weighted by atomic mass is 32.2. The number of aromatic nitrogens is 4. The normalized spacial score (nSPS) is 17.4. The number of fused-ring (bicyclic) bond motifs is 2. The zero-order valence-electron chi connectivity index (χ0n) is 13.4. The number of hydrogen-bond acceptors (Lipinski definition) is 7. The number of thioether (sulfide) groups is 2. The molecule has 0 fully saturated rings. The van der Waals surface area contributed by atoms with Crippen LogP contribution in [0.15, 0.2) is 21.3 Å². The summed E-state index contributed by atoms with van der Waals surface area (Å²) in [5.41, 5.74) is 4.59. The third kappa shape index (κ3) is 2.63. The molecular formula is C15H18N6S2. The van der Waals surface area contributed by atoms with Crippen LogP contribution in [0.25, 0.3) is 5.78 Å². The Morgan fingerprint density at radius 2 is 2.13 bits per heavy atom. The average Bonchev–Trinajstić information content (AvgIpc) is 3.15. The molecule has 0 radical (unpaired) electrons. The van der Waals surface area contributed by atoms with Gasteiger partial charge in [-0.3, -0.25) is 4.99 Å². The summed E-state index contributed by atoms with van der Waals surface area (Å²) in [5, 5.41) is 8.72. The van der Waals surface area contributed by atoms with Crippen molar-refractivity contribution in [1.29, 1.82) is 0 Å². The van der Waals surface area contributed by atoms with Gasteiger partial charge in [-0.05, 0) is 38.2 Å². The van der Waals surface area contributed by atoms with Crippen LogP contribution in [0.2, 0.25) is 0 Å². The minimum Gasteiger partial charge on any atom is -0.323 e. The van der Waals surface area contributed by atoms with Gasteiger partial charge in [0.05, 0.1) is 0 Å². The van der Waals surface area contributed by atoms with Crippen molar-refractivity contribution in [3.8, 4) is 0 Å². The lowest BCUT2D eigenvalue weighted by Crippen LogP contribution is -2.30. The van der Waals surface area contributed by atoms with E-state index in [0.717, 1.165) is 47.0 Å². The summed E-state index contributed by atoms with van der Waals surface area (Å²) >= 11 is 3.38. The van der Waals surface area contributed by atoms with Crippen LogP contribution in [0.3, 0.4) is 0 Å². The van der Waals surface area contributed by atoms with Crippen LogP contribution >= 0.6 is 23.5 Å². The van der Waals surface area contributed by atoms with Gasteiger partial charge in [0.15, 0.2) is 5.17 Å². The molecule has 4 rings (SSSR count). The van der Waals surface area contributed by atoms with Gasteiger partial charge in [-0.2, -0.15) is 4.98 Å². The Bertz CT molecular complexity index is 838. The summed E-state index contributed by atoms with van der Waals surface area (Å²) < 4.78 is 1.84. The van der Waals surface area contributed by atoms with E-state index < -0.39 is 0 Å². The molecule has 0 spiro atoms. The van der Waals surface area contributed by atoms with Gasteiger partial charge >= 0.3 is 0 Å². The molecule has 0 saturated carbocycles. The van der Waals surface area contributed by atoms with Crippen LogP contribution in [0.1, 0.15) is 23.4 Å². The largest absolute Gasteiger partial charge is 0.323 e. The Balaban J connectivity index is 1.54. The van der Waals surface area contributed by atoms with E-state index in [4.69, 9.17) is 0 Å². The fourth-order valence-corrected chi connectivity index (χ4v) is 4.55. The van der Waals surface area contributed by atoms with E-state index in [2.05, 4.69) is 44.2 Å². The number of aryl methyl sites for hydroxylation is 2. The Labute approximate surface area is 143 Å². The van der Waals surface area contributed by atoms with Crippen molar-refractivity contribution < 1.29 is 0 Å². The van der Waals surface area contributed by atoms with Gasteiger partial charge in [0.1, 0.15) is 0 Å². The summed E-state index contributed by atoms with van der Waals surface area (Å²) in [4.78, 5) is 16.0. The highest BCUT2D eigenvalue weighted by Crippen LogP contribution is 2.32. The van der Waals surface area contributed by atoms with Crippen molar-refractivity contribution in [2.75, 3.05) is 18.8 Å². The van der Waals surface area contributed by atoms with E-state index in [1.54, 1.807) is 23.5 Å². The summed E-state index contributed by atoms with van der Waals surface area (Å²) in [7, 11) is 0. The van der Waals surface area contributed by atoms with Gasteiger partial charge in [0, 0.05) is 35.9 Å². The minimum absolute atomic E-state index is 0.683. The highest BCUT2D eigenvalue weighted by Gasteiger charge is 2.25. The Morgan fingerprint density at radius 1 is 1.26 bits per heavy atom. The van der Waals surface area contributed by atoms with Gasteiger partial charge in [-0.15, -0.1) is 5.10 Å². The molecule has 2 aliphatic heterocycles. The summed E-state index contributed by atoms with van der Waals surface area (Å²) in [6.45, 7) is 8.17. The first-order valence-corrected chi connectivity index (χ1v) is 9.51.